The van der Waals surface area contributed by atoms with Crippen LogP contribution in [0.4, 0.5) is 11.4 Å². The minimum absolute atomic E-state index is 0.292. The van der Waals surface area contributed by atoms with Crippen molar-refractivity contribution in [2.45, 2.75) is 19.4 Å². The van der Waals surface area contributed by atoms with Gasteiger partial charge in [-0.1, -0.05) is 11.6 Å². The van der Waals surface area contributed by atoms with E-state index in [1.54, 1.807) is 13.0 Å². The maximum absolute atomic E-state index is 9.18. The Balaban J connectivity index is 2.69. The molecule has 1 aromatic carbocycles. The largest absolute Gasteiger partial charge is 0.399 e. The Kier molecular flexibility index (Phi) is 4.24. The summed E-state index contributed by atoms with van der Waals surface area (Å²) < 4.78 is 0. The molecule has 0 spiro atoms. The average molecular weight is 229 g/mol. The van der Waals surface area contributed by atoms with E-state index in [1.807, 2.05) is 24.1 Å². The Labute approximate surface area is 95.5 Å². The molecule has 0 aliphatic heterocycles. The van der Waals surface area contributed by atoms with Crippen LogP contribution in [-0.4, -0.2) is 24.8 Å². The lowest BCUT2D eigenvalue weighted by molar-refractivity contribution is 0.187. The molecule has 15 heavy (non-hydrogen) atoms. The highest BCUT2D eigenvalue weighted by Crippen LogP contribution is 2.27. The molecule has 0 aliphatic carbocycles. The third kappa shape index (κ3) is 3.61. The first-order valence-corrected chi connectivity index (χ1v) is 5.32. The fraction of sp³-hybridized carbons (Fsp3) is 0.455. The van der Waals surface area contributed by atoms with Crippen molar-refractivity contribution < 1.29 is 5.11 Å². The summed E-state index contributed by atoms with van der Waals surface area (Å²) >= 11 is 6.06. The summed E-state index contributed by atoms with van der Waals surface area (Å²) in [6, 6.07) is 5.44. The molecule has 0 fully saturated rings. The number of nitrogens with zero attached hydrogens (tertiary/aromatic N) is 1. The maximum Gasteiger partial charge on any atom is 0.0659 e. The van der Waals surface area contributed by atoms with Crippen LogP contribution in [0.5, 0.6) is 0 Å². The van der Waals surface area contributed by atoms with Gasteiger partial charge in [0.15, 0.2) is 0 Å². The SMILES string of the molecule is CC(O)CCN(C)c1ccc(N)cc1Cl. The van der Waals surface area contributed by atoms with Crippen molar-refractivity contribution in [1.82, 2.24) is 0 Å². The molecule has 0 radical (unpaired) electrons. The van der Waals surface area contributed by atoms with E-state index in [4.69, 9.17) is 17.3 Å². The second kappa shape index (κ2) is 5.24. The van der Waals surface area contributed by atoms with E-state index in [2.05, 4.69) is 0 Å². The molecule has 0 saturated carbocycles. The fourth-order valence-corrected chi connectivity index (χ4v) is 1.67. The van der Waals surface area contributed by atoms with E-state index in [1.165, 1.54) is 0 Å². The molecule has 0 heterocycles. The van der Waals surface area contributed by atoms with Gasteiger partial charge >= 0.3 is 0 Å². The van der Waals surface area contributed by atoms with Crippen molar-refractivity contribution in [3.63, 3.8) is 0 Å². The maximum atomic E-state index is 9.18. The molecular weight excluding hydrogens is 212 g/mol. The summed E-state index contributed by atoms with van der Waals surface area (Å²) in [5, 5.41) is 9.82. The van der Waals surface area contributed by atoms with Crippen LogP contribution in [0, 0.1) is 0 Å². The molecule has 0 amide bonds. The number of nitrogen functional groups attached to an aromatic ring is 1. The molecule has 0 saturated heterocycles. The lowest BCUT2D eigenvalue weighted by atomic mass is 10.2. The standard InChI is InChI=1S/C11H17ClN2O/c1-8(15)5-6-14(2)11-4-3-9(13)7-10(11)12/h3-4,7-8,15H,5-6,13H2,1-2H3. The summed E-state index contributed by atoms with van der Waals surface area (Å²) in [6.07, 6.45) is 0.428. The van der Waals surface area contributed by atoms with Crippen LogP contribution in [0.25, 0.3) is 0 Å². The van der Waals surface area contributed by atoms with E-state index >= 15 is 0 Å². The van der Waals surface area contributed by atoms with Crippen molar-refractivity contribution in [2.24, 2.45) is 0 Å². The minimum atomic E-state index is -0.292. The number of benzene rings is 1. The molecule has 0 aromatic heterocycles. The first-order valence-electron chi connectivity index (χ1n) is 4.95. The molecule has 1 rings (SSSR count). The lowest BCUT2D eigenvalue weighted by Crippen LogP contribution is -2.22. The molecule has 3 nitrogen and oxygen atoms in total. The van der Waals surface area contributed by atoms with E-state index in [9.17, 15) is 5.11 Å². The number of hydrogen-bond donors (Lipinski definition) is 2. The van der Waals surface area contributed by atoms with E-state index in [0.29, 0.717) is 10.7 Å². The van der Waals surface area contributed by atoms with Gasteiger partial charge in [-0.3, -0.25) is 0 Å². The zero-order valence-electron chi connectivity index (χ0n) is 9.07. The van der Waals surface area contributed by atoms with Crippen LogP contribution in [0.1, 0.15) is 13.3 Å². The van der Waals surface area contributed by atoms with Crippen molar-refractivity contribution in [3.8, 4) is 0 Å². The number of aliphatic hydroxyl groups is 1. The Morgan fingerprint density at radius 3 is 2.73 bits per heavy atom. The third-order valence-corrected chi connectivity index (χ3v) is 2.57. The van der Waals surface area contributed by atoms with Gasteiger partial charge in [-0.25, -0.2) is 0 Å². The number of hydrogen-bond acceptors (Lipinski definition) is 3. The third-order valence-electron chi connectivity index (χ3n) is 2.27. The summed E-state index contributed by atoms with van der Waals surface area (Å²) in [6.45, 7) is 2.54. The minimum Gasteiger partial charge on any atom is -0.399 e. The van der Waals surface area contributed by atoms with Gasteiger partial charge in [0.2, 0.25) is 0 Å². The number of nitrogens with two attached hydrogens (primary N) is 1. The monoisotopic (exact) mass is 228 g/mol. The van der Waals surface area contributed by atoms with Crippen LogP contribution in [0.15, 0.2) is 18.2 Å². The van der Waals surface area contributed by atoms with Crippen molar-refractivity contribution in [1.29, 1.82) is 0 Å². The predicted molar refractivity (Wildman–Crippen MR) is 65.4 cm³/mol. The normalized spacial score (nSPS) is 12.5. The Bertz CT molecular complexity index is 328. The molecule has 0 aliphatic rings. The van der Waals surface area contributed by atoms with Gasteiger partial charge in [0.25, 0.3) is 0 Å². The first kappa shape index (κ1) is 12.1. The van der Waals surface area contributed by atoms with Gasteiger partial charge in [0.1, 0.15) is 0 Å². The van der Waals surface area contributed by atoms with Crippen LogP contribution in [0.3, 0.4) is 0 Å². The smallest absolute Gasteiger partial charge is 0.0659 e. The van der Waals surface area contributed by atoms with Crippen LogP contribution in [0.2, 0.25) is 5.02 Å². The zero-order chi connectivity index (χ0) is 11.4. The van der Waals surface area contributed by atoms with E-state index in [0.717, 1.165) is 18.7 Å². The van der Waals surface area contributed by atoms with Gasteiger partial charge in [-0.2, -0.15) is 0 Å². The summed E-state index contributed by atoms with van der Waals surface area (Å²) in [7, 11) is 1.94. The Morgan fingerprint density at radius 2 is 2.20 bits per heavy atom. The zero-order valence-corrected chi connectivity index (χ0v) is 9.83. The highest BCUT2D eigenvalue weighted by molar-refractivity contribution is 6.33. The summed E-state index contributed by atoms with van der Waals surface area (Å²) in [5.74, 6) is 0. The summed E-state index contributed by atoms with van der Waals surface area (Å²) in [4.78, 5) is 2.01. The lowest BCUT2D eigenvalue weighted by Gasteiger charge is -2.21. The molecule has 4 heteroatoms. The molecule has 1 unspecified atom stereocenters. The predicted octanol–water partition coefficient (Wildman–Crippen LogP) is 2.13. The number of aliphatic hydroxyl groups excluding tert-OH is 1. The van der Waals surface area contributed by atoms with Gasteiger partial charge in [-0.15, -0.1) is 0 Å². The van der Waals surface area contributed by atoms with E-state index in [-0.39, 0.29) is 6.10 Å². The summed E-state index contributed by atoms with van der Waals surface area (Å²) in [5.41, 5.74) is 7.20. The molecule has 3 N–H and O–H groups in total. The topological polar surface area (TPSA) is 49.5 Å². The van der Waals surface area contributed by atoms with Crippen molar-refractivity contribution >= 4 is 23.0 Å². The molecular formula is C11H17ClN2O. The number of anilines is 2. The van der Waals surface area contributed by atoms with Crippen LogP contribution in [-0.2, 0) is 0 Å². The molecule has 84 valence electrons. The average Bonchev–Trinajstić information content (AvgIpc) is 2.14. The second-order valence-electron chi connectivity index (χ2n) is 3.77. The highest BCUT2D eigenvalue weighted by Gasteiger charge is 2.07. The van der Waals surface area contributed by atoms with Gasteiger partial charge in [0.05, 0.1) is 16.8 Å². The molecule has 1 atom stereocenters. The molecule has 0 bridgehead atoms. The van der Waals surface area contributed by atoms with E-state index < -0.39 is 0 Å². The van der Waals surface area contributed by atoms with Gasteiger partial charge in [0, 0.05) is 19.3 Å². The van der Waals surface area contributed by atoms with Crippen LogP contribution >= 0.6 is 11.6 Å². The quantitative estimate of drug-likeness (QED) is 0.777. The van der Waals surface area contributed by atoms with Crippen molar-refractivity contribution in [3.05, 3.63) is 23.2 Å². The van der Waals surface area contributed by atoms with Gasteiger partial charge in [-0.05, 0) is 31.5 Å². The Hall–Kier alpha value is -0.930. The molecule has 1 aromatic rings. The van der Waals surface area contributed by atoms with Gasteiger partial charge < -0.3 is 15.7 Å². The van der Waals surface area contributed by atoms with Crippen LogP contribution < -0.4 is 10.6 Å². The number of rotatable bonds is 4. The number of halogens is 1. The first-order chi connectivity index (χ1) is 7.00. The second-order valence-corrected chi connectivity index (χ2v) is 4.18. The Morgan fingerprint density at radius 1 is 1.53 bits per heavy atom. The fourth-order valence-electron chi connectivity index (χ4n) is 1.33. The highest BCUT2D eigenvalue weighted by atomic mass is 35.5. The van der Waals surface area contributed by atoms with Crippen molar-refractivity contribution in [2.75, 3.05) is 24.2 Å².